The second-order valence-corrected chi connectivity index (χ2v) is 7.74. The van der Waals surface area contributed by atoms with Crippen molar-refractivity contribution >= 4 is 17.6 Å². The molecule has 0 spiro atoms. The highest BCUT2D eigenvalue weighted by atomic mass is 35.5. The van der Waals surface area contributed by atoms with Crippen molar-refractivity contribution in [3.63, 3.8) is 0 Å². The van der Waals surface area contributed by atoms with Gasteiger partial charge in [-0.2, -0.15) is 13.2 Å². The maximum Gasteiger partial charge on any atom is 0.379 e. The SMILES string of the molecule is Cc1cc(C(O)[C@@H](C)c2ccc(Oc3ccc(C(=O)O)cn3)cc2Cl)cn(C)c1=O.FC(F)F. The van der Waals surface area contributed by atoms with Crippen LogP contribution in [0.2, 0.25) is 5.02 Å². The molecular weight excluding hydrogens is 477 g/mol. The quantitative estimate of drug-likeness (QED) is 0.481. The summed E-state index contributed by atoms with van der Waals surface area (Å²) < 4.78 is 36.1. The lowest BCUT2D eigenvalue weighted by molar-refractivity contribution is 0.00817. The van der Waals surface area contributed by atoms with Crippen LogP contribution in [0.3, 0.4) is 0 Å². The molecule has 7 nitrogen and oxygen atoms in total. The van der Waals surface area contributed by atoms with E-state index in [1.165, 1.54) is 22.9 Å². The van der Waals surface area contributed by atoms with Gasteiger partial charge in [-0.15, -0.1) is 0 Å². The highest BCUT2D eigenvalue weighted by molar-refractivity contribution is 6.31. The first-order chi connectivity index (χ1) is 15.9. The summed E-state index contributed by atoms with van der Waals surface area (Å²) in [5, 5.41) is 20.1. The monoisotopic (exact) mass is 498 g/mol. The fourth-order valence-electron chi connectivity index (χ4n) is 3.16. The first kappa shape index (κ1) is 26.9. The Morgan fingerprint density at radius 3 is 2.32 bits per heavy atom. The van der Waals surface area contributed by atoms with Gasteiger partial charge in [-0.1, -0.05) is 24.6 Å². The Hall–Kier alpha value is -3.37. The van der Waals surface area contributed by atoms with Crippen molar-refractivity contribution < 1.29 is 32.9 Å². The van der Waals surface area contributed by atoms with Crippen LogP contribution in [0.1, 0.15) is 46.0 Å². The van der Waals surface area contributed by atoms with Gasteiger partial charge in [0.05, 0.1) is 11.7 Å². The van der Waals surface area contributed by atoms with E-state index in [9.17, 15) is 27.9 Å². The molecule has 0 aliphatic heterocycles. The number of aliphatic hydroxyl groups is 1. The fraction of sp³-hybridized carbons (Fsp3) is 0.261. The number of carboxylic acids is 1. The minimum Gasteiger partial charge on any atom is -0.478 e. The smallest absolute Gasteiger partial charge is 0.379 e. The van der Waals surface area contributed by atoms with Crippen molar-refractivity contribution in [1.82, 2.24) is 9.55 Å². The molecule has 3 rings (SSSR count). The van der Waals surface area contributed by atoms with Crippen molar-refractivity contribution in [2.75, 3.05) is 0 Å². The minimum atomic E-state index is -3.67. The molecule has 0 aliphatic rings. The van der Waals surface area contributed by atoms with E-state index in [0.717, 1.165) is 5.56 Å². The number of ether oxygens (including phenoxy) is 1. The first-order valence-corrected chi connectivity index (χ1v) is 10.2. The second kappa shape index (κ2) is 11.7. The van der Waals surface area contributed by atoms with Gasteiger partial charge in [0.1, 0.15) is 5.75 Å². The number of nitrogens with zero attached hydrogens (tertiary/aromatic N) is 2. The summed E-state index contributed by atoms with van der Waals surface area (Å²) in [6.45, 7) is -0.113. The van der Waals surface area contributed by atoms with E-state index in [0.29, 0.717) is 21.9 Å². The van der Waals surface area contributed by atoms with Crippen molar-refractivity contribution in [3.8, 4) is 11.6 Å². The van der Waals surface area contributed by atoms with Gasteiger partial charge < -0.3 is 19.5 Å². The first-order valence-electron chi connectivity index (χ1n) is 9.84. The van der Waals surface area contributed by atoms with Gasteiger partial charge in [-0.25, -0.2) is 9.78 Å². The molecule has 0 aliphatic carbocycles. The molecule has 182 valence electrons. The summed E-state index contributed by atoms with van der Waals surface area (Å²) in [7, 11) is 1.65. The number of carbonyl (C=O) groups is 1. The number of aliphatic hydroxyl groups excluding tert-OH is 1. The van der Waals surface area contributed by atoms with Gasteiger partial charge >= 0.3 is 12.6 Å². The number of hydrogen-bond acceptors (Lipinski definition) is 5. The molecule has 0 amide bonds. The van der Waals surface area contributed by atoms with Gasteiger partial charge in [0.15, 0.2) is 0 Å². The number of halogens is 4. The van der Waals surface area contributed by atoms with Crippen molar-refractivity contribution in [2.45, 2.75) is 32.5 Å². The van der Waals surface area contributed by atoms with Gasteiger partial charge in [-0.3, -0.25) is 4.79 Å². The molecule has 2 N–H and O–H groups in total. The van der Waals surface area contributed by atoms with Crippen LogP contribution in [0.25, 0.3) is 0 Å². The van der Waals surface area contributed by atoms with E-state index in [4.69, 9.17) is 21.4 Å². The van der Waals surface area contributed by atoms with Gasteiger partial charge in [0, 0.05) is 42.0 Å². The largest absolute Gasteiger partial charge is 0.478 e. The molecule has 0 bridgehead atoms. The number of pyridine rings is 2. The Kier molecular flexibility index (Phi) is 9.22. The van der Waals surface area contributed by atoms with E-state index < -0.39 is 18.8 Å². The van der Waals surface area contributed by atoms with E-state index in [1.54, 1.807) is 44.4 Å². The van der Waals surface area contributed by atoms with Crippen LogP contribution in [0.4, 0.5) is 13.2 Å². The zero-order valence-corrected chi connectivity index (χ0v) is 19.1. The third-order valence-electron chi connectivity index (χ3n) is 4.87. The fourth-order valence-corrected chi connectivity index (χ4v) is 3.50. The Labute approximate surface area is 198 Å². The summed E-state index contributed by atoms with van der Waals surface area (Å²) in [5.74, 6) is -0.740. The van der Waals surface area contributed by atoms with Crippen LogP contribution >= 0.6 is 11.6 Å². The number of carboxylic acid groups (broad SMARTS) is 1. The number of alkyl halides is 3. The van der Waals surface area contributed by atoms with E-state index >= 15 is 0 Å². The third-order valence-corrected chi connectivity index (χ3v) is 5.19. The van der Waals surface area contributed by atoms with Gasteiger partial charge in [0.25, 0.3) is 5.56 Å². The van der Waals surface area contributed by atoms with E-state index in [2.05, 4.69) is 4.98 Å². The topological polar surface area (TPSA) is 102 Å². The number of aromatic nitrogens is 2. The van der Waals surface area contributed by atoms with Crippen molar-refractivity contribution in [1.29, 1.82) is 0 Å². The Bertz CT molecular complexity index is 1170. The number of benzene rings is 1. The molecule has 3 aromatic rings. The van der Waals surface area contributed by atoms with Crippen molar-refractivity contribution in [3.05, 3.63) is 86.4 Å². The predicted molar refractivity (Wildman–Crippen MR) is 120 cm³/mol. The zero-order chi connectivity index (χ0) is 25.6. The van der Waals surface area contributed by atoms with E-state index in [1.807, 2.05) is 6.92 Å². The average Bonchev–Trinajstić information content (AvgIpc) is 2.76. The van der Waals surface area contributed by atoms with Crippen LogP contribution < -0.4 is 10.3 Å². The zero-order valence-electron chi connectivity index (χ0n) is 18.4. The van der Waals surface area contributed by atoms with Crippen molar-refractivity contribution in [2.24, 2.45) is 7.05 Å². The minimum absolute atomic E-state index is 0.0622. The molecule has 1 unspecified atom stereocenters. The highest BCUT2D eigenvalue weighted by Crippen LogP contribution is 2.36. The van der Waals surface area contributed by atoms with Crippen LogP contribution in [-0.2, 0) is 7.05 Å². The normalized spacial score (nSPS) is 12.5. The molecule has 2 aromatic heterocycles. The molecule has 0 fully saturated rings. The Morgan fingerprint density at radius 2 is 1.82 bits per heavy atom. The second-order valence-electron chi connectivity index (χ2n) is 7.33. The lowest BCUT2D eigenvalue weighted by Crippen LogP contribution is -2.21. The van der Waals surface area contributed by atoms with Gasteiger partial charge in [-0.05, 0) is 42.3 Å². The molecule has 34 heavy (non-hydrogen) atoms. The molecule has 0 saturated heterocycles. The maximum atomic E-state index is 11.9. The van der Waals surface area contributed by atoms with E-state index in [-0.39, 0.29) is 22.9 Å². The highest BCUT2D eigenvalue weighted by Gasteiger charge is 2.22. The molecule has 2 heterocycles. The molecular formula is C23H22ClF3N2O5. The summed E-state index contributed by atoms with van der Waals surface area (Å²) >= 11 is 6.43. The van der Waals surface area contributed by atoms with Crippen LogP contribution in [-0.4, -0.2) is 32.4 Å². The summed E-state index contributed by atoms with van der Waals surface area (Å²) in [6.07, 6.45) is 1.97. The summed E-state index contributed by atoms with van der Waals surface area (Å²) in [6, 6.07) is 9.60. The van der Waals surface area contributed by atoms with Crippen LogP contribution in [0.15, 0.2) is 53.6 Å². The number of aromatic carboxylic acids is 1. The lowest BCUT2D eigenvalue weighted by Gasteiger charge is -2.22. The predicted octanol–water partition coefficient (Wildman–Crippen LogP) is 5.25. The maximum absolute atomic E-state index is 11.9. The standard InChI is InChI=1S/C22H21ClN2O5.CHF3/c1-12-8-15(11-25(3)21(12)27)20(26)13(2)17-6-5-16(9-18(17)23)30-19-7-4-14(10-24-19)22(28)29;2-1(3)4/h4-11,13,20,26H,1-3H3,(H,28,29);1H/t13-,20?;/m0./s1. The molecule has 11 heteroatoms. The average molecular weight is 499 g/mol. The lowest BCUT2D eigenvalue weighted by atomic mass is 9.91. The van der Waals surface area contributed by atoms with Crippen LogP contribution in [0, 0.1) is 6.92 Å². The number of aryl methyl sites for hydroxylation is 2. The molecule has 2 atom stereocenters. The number of rotatable bonds is 6. The third kappa shape index (κ3) is 7.06. The molecule has 0 saturated carbocycles. The summed E-state index contributed by atoms with van der Waals surface area (Å²) in [5.41, 5.74) is 1.85. The molecule has 1 aromatic carbocycles. The van der Waals surface area contributed by atoms with Gasteiger partial charge in [0.2, 0.25) is 5.88 Å². The molecule has 0 radical (unpaired) electrons. The number of hydrogen-bond donors (Lipinski definition) is 2. The Morgan fingerprint density at radius 1 is 1.18 bits per heavy atom. The Balaban J connectivity index is 0.000000945. The summed E-state index contributed by atoms with van der Waals surface area (Å²) in [4.78, 5) is 26.7. The van der Waals surface area contributed by atoms with Crippen LogP contribution in [0.5, 0.6) is 11.6 Å².